The summed E-state index contributed by atoms with van der Waals surface area (Å²) in [5, 5.41) is 10.4. The van der Waals surface area contributed by atoms with Crippen molar-refractivity contribution in [2.45, 2.75) is 13.5 Å². The van der Waals surface area contributed by atoms with Gasteiger partial charge in [-0.15, -0.1) is 0 Å². The van der Waals surface area contributed by atoms with E-state index in [1.807, 2.05) is 25.1 Å². The second-order valence-corrected chi connectivity index (χ2v) is 5.73. The molecule has 0 bridgehead atoms. The highest BCUT2D eigenvalue weighted by molar-refractivity contribution is 6.33. The molecule has 1 aromatic carbocycles. The quantitative estimate of drug-likeness (QED) is 0.678. The second kappa shape index (κ2) is 6.94. The fourth-order valence-corrected chi connectivity index (χ4v) is 2.97. The molecule has 0 atom stereocenters. The summed E-state index contributed by atoms with van der Waals surface area (Å²) >= 11 is 6.35. The fraction of sp³-hybridized carbons (Fsp3) is 0.167. The number of carboxylic acids is 1. The number of carbonyl (C=O) groups is 1. The molecule has 0 amide bonds. The molecule has 6 nitrogen and oxygen atoms in total. The van der Waals surface area contributed by atoms with Crippen LogP contribution in [0.25, 0.3) is 27.9 Å². The van der Waals surface area contributed by atoms with Crippen LogP contribution in [0.1, 0.15) is 12.6 Å². The number of rotatable bonds is 6. The van der Waals surface area contributed by atoms with Gasteiger partial charge in [-0.05, 0) is 13.0 Å². The van der Waals surface area contributed by atoms with Crippen molar-refractivity contribution in [2.24, 2.45) is 0 Å². The van der Waals surface area contributed by atoms with Crippen LogP contribution in [0.5, 0.6) is 0 Å². The Morgan fingerprint density at radius 3 is 2.76 bits per heavy atom. The number of hydrogen-bond acceptors (Lipinski definition) is 4. The molecule has 0 fully saturated rings. The molecule has 0 radical (unpaired) electrons. The van der Waals surface area contributed by atoms with Gasteiger partial charge in [0.2, 0.25) is 0 Å². The molecular weight excluding hydrogens is 342 g/mol. The molecule has 7 heteroatoms. The normalized spacial score (nSPS) is 10.8. The van der Waals surface area contributed by atoms with Crippen LogP contribution < -0.4 is 0 Å². The molecule has 2 heterocycles. The topological polar surface area (TPSA) is 77.2 Å². The van der Waals surface area contributed by atoms with Crippen molar-refractivity contribution in [1.82, 2.24) is 14.5 Å². The van der Waals surface area contributed by atoms with Gasteiger partial charge in [0.05, 0.1) is 12.0 Å². The van der Waals surface area contributed by atoms with Gasteiger partial charge in [0.1, 0.15) is 30.0 Å². The number of nitrogens with zero attached hydrogens (tertiary/aromatic N) is 3. The molecule has 0 aliphatic carbocycles. The first-order valence-electron chi connectivity index (χ1n) is 7.65. The van der Waals surface area contributed by atoms with Crippen LogP contribution in [0.3, 0.4) is 0 Å². The predicted octanol–water partition coefficient (Wildman–Crippen LogP) is 3.84. The Morgan fingerprint density at radius 2 is 2.08 bits per heavy atom. The first-order chi connectivity index (χ1) is 12.0. The van der Waals surface area contributed by atoms with E-state index in [0.717, 1.165) is 11.1 Å². The highest BCUT2D eigenvalue weighted by Crippen LogP contribution is 2.37. The van der Waals surface area contributed by atoms with Crippen molar-refractivity contribution in [1.29, 1.82) is 0 Å². The minimum Gasteiger partial charge on any atom is -0.492 e. The van der Waals surface area contributed by atoms with Crippen molar-refractivity contribution in [2.75, 3.05) is 6.61 Å². The lowest BCUT2D eigenvalue weighted by Crippen LogP contribution is -2.08. The van der Waals surface area contributed by atoms with Gasteiger partial charge in [0.25, 0.3) is 0 Å². The molecule has 0 saturated heterocycles. The molecule has 0 aliphatic heterocycles. The first kappa shape index (κ1) is 17.0. The zero-order valence-electron chi connectivity index (χ0n) is 13.6. The third-order valence-corrected chi connectivity index (χ3v) is 4.04. The summed E-state index contributed by atoms with van der Waals surface area (Å²) in [6.07, 6.45) is 3.09. The lowest BCUT2D eigenvalue weighted by Gasteiger charge is -2.09. The molecule has 0 spiro atoms. The summed E-state index contributed by atoms with van der Waals surface area (Å²) in [6.45, 7) is 6.00. The number of ether oxygens (including phenoxy) is 1. The van der Waals surface area contributed by atoms with Crippen molar-refractivity contribution in [3.8, 4) is 11.1 Å². The van der Waals surface area contributed by atoms with Crippen LogP contribution >= 0.6 is 11.6 Å². The minimum absolute atomic E-state index is 0.224. The molecule has 2 aromatic heterocycles. The van der Waals surface area contributed by atoms with Gasteiger partial charge in [-0.2, -0.15) is 0 Å². The van der Waals surface area contributed by atoms with E-state index in [4.69, 9.17) is 16.3 Å². The maximum absolute atomic E-state index is 11.2. The summed E-state index contributed by atoms with van der Waals surface area (Å²) < 4.78 is 7.06. The molecule has 0 unspecified atom stereocenters. The zero-order chi connectivity index (χ0) is 18.0. The highest BCUT2D eigenvalue weighted by atomic mass is 35.5. The van der Waals surface area contributed by atoms with Crippen LogP contribution in [0.2, 0.25) is 5.02 Å². The number of fused-ring (bicyclic) bond motifs is 1. The largest absolute Gasteiger partial charge is 0.492 e. The van der Waals surface area contributed by atoms with E-state index >= 15 is 0 Å². The summed E-state index contributed by atoms with van der Waals surface area (Å²) in [5.74, 6) is -0.567. The van der Waals surface area contributed by atoms with Crippen molar-refractivity contribution in [3.63, 3.8) is 0 Å². The van der Waals surface area contributed by atoms with Gasteiger partial charge in [-0.3, -0.25) is 4.79 Å². The smallest absolute Gasteiger partial charge is 0.323 e. The number of benzene rings is 1. The van der Waals surface area contributed by atoms with Gasteiger partial charge in [0, 0.05) is 22.3 Å². The van der Waals surface area contributed by atoms with E-state index < -0.39 is 5.97 Å². The predicted molar refractivity (Wildman–Crippen MR) is 96.3 cm³/mol. The lowest BCUT2D eigenvalue weighted by atomic mass is 10.0. The maximum atomic E-state index is 11.2. The van der Waals surface area contributed by atoms with Crippen LogP contribution in [0.4, 0.5) is 0 Å². The third kappa shape index (κ3) is 3.21. The van der Waals surface area contributed by atoms with Gasteiger partial charge < -0.3 is 14.4 Å². The number of aliphatic carboxylic acids is 1. The van der Waals surface area contributed by atoms with E-state index in [1.54, 1.807) is 16.8 Å². The number of aromatic nitrogens is 3. The monoisotopic (exact) mass is 357 g/mol. The lowest BCUT2D eigenvalue weighted by molar-refractivity contribution is -0.137. The van der Waals surface area contributed by atoms with E-state index in [2.05, 4.69) is 16.5 Å². The number of carboxylic acid groups (broad SMARTS) is 1. The Bertz CT molecular complexity index is 965. The van der Waals surface area contributed by atoms with Crippen molar-refractivity contribution < 1.29 is 14.6 Å². The first-order valence-corrected chi connectivity index (χ1v) is 8.03. The summed E-state index contributed by atoms with van der Waals surface area (Å²) in [6, 6.07) is 7.34. The molecule has 3 rings (SSSR count). The molecule has 25 heavy (non-hydrogen) atoms. The van der Waals surface area contributed by atoms with E-state index in [9.17, 15) is 9.90 Å². The Balaban J connectivity index is 2.33. The Labute approximate surface area is 149 Å². The van der Waals surface area contributed by atoms with Crippen molar-refractivity contribution >= 4 is 34.4 Å². The fourth-order valence-electron chi connectivity index (χ4n) is 2.73. The molecule has 128 valence electrons. The second-order valence-electron chi connectivity index (χ2n) is 5.32. The molecule has 0 aliphatic rings. The molecule has 1 N–H and O–H groups in total. The minimum atomic E-state index is -0.966. The number of hydrogen-bond donors (Lipinski definition) is 1. The Hall–Kier alpha value is -2.86. The third-order valence-electron chi connectivity index (χ3n) is 3.71. The SMILES string of the molecule is C=C(OCC)c1ncnc2c1c(-c1ccccc1Cl)cn2CC(=O)O. The van der Waals surface area contributed by atoms with Crippen molar-refractivity contribution in [3.05, 3.63) is 54.1 Å². The summed E-state index contributed by atoms with van der Waals surface area (Å²) in [4.78, 5) is 19.8. The Kier molecular flexibility index (Phi) is 4.72. The summed E-state index contributed by atoms with van der Waals surface area (Å²) in [5.41, 5.74) is 2.51. The molecule has 3 aromatic rings. The Morgan fingerprint density at radius 1 is 1.32 bits per heavy atom. The zero-order valence-corrected chi connectivity index (χ0v) is 14.3. The van der Waals surface area contributed by atoms with Crippen LogP contribution in [-0.4, -0.2) is 32.2 Å². The van der Waals surface area contributed by atoms with E-state index in [-0.39, 0.29) is 6.54 Å². The van der Waals surface area contributed by atoms with Crippen LogP contribution in [-0.2, 0) is 16.1 Å². The average Bonchev–Trinajstić information content (AvgIpc) is 2.93. The highest BCUT2D eigenvalue weighted by Gasteiger charge is 2.20. The van der Waals surface area contributed by atoms with Crippen LogP contribution in [0, 0.1) is 0 Å². The van der Waals surface area contributed by atoms with E-state index in [1.165, 1.54) is 6.33 Å². The number of halogens is 1. The van der Waals surface area contributed by atoms with E-state index in [0.29, 0.717) is 34.1 Å². The summed E-state index contributed by atoms with van der Waals surface area (Å²) in [7, 11) is 0. The molecular formula is C18H16ClN3O3. The maximum Gasteiger partial charge on any atom is 0.323 e. The molecule has 0 saturated carbocycles. The van der Waals surface area contributed by atoms with Gasteiger partial charge in [0.15, 0.2) is 0 Å². The van der Waals surface area contributed by atoms with Crippen LogP contribution in [0.15, 0.2) is 43.4 Å². The standard InChI is InChI=1S/C18H16ClN3O3/c1-3-25-11(2)17-16-13(12-6-4-5-7-14(12)19)8-22(9-15(23)24)18(16)21-10-20-17/h4-8,10H,2-3,9H2,1H3,(H,23,24). The van der Waals surface area contributed by atoms with Gasteiger partial charge >= 0.3 is 5.97 Å². The average molecular weight is 358 g/mol. The van der Waals surface area contributed by atoms with Gasteiger partial charge in [-0.25, -0.2) is 9.97 Å². The van der Waals surface area contributed by atoms with Gasteiger partial charge in [-0.1, -0.05) is 36.4 Å².